The van der Waals surface area contributed by atoms with Crippen molar-refractivity contribution in [1.29, 1.82) is 0 Å². The number of rotatable bonds is 4. The molecule has 112 valence electrons. The van der Waals surface area contributed by atoms with Crippen molar-refractivity contribution in [3.63, 3.8) is 0 Å². The molecule has 0 aliphatic carbocycles. The number of hydrogen-bond acceptors (Lipinski definition) is 2. The Kier molecular flexibility index (Phi) is 5.20. The highest BCUT2D eigenvalue weighted by atomic mass is 35.5. The van der Waals surface area contributed by atoms with Gasteiger partial charge in [0, 0.05) is 16.7 Å². The normalized spacial score (nSPS) is 12.1. The monoisotopic (exact) mass is 348 g/mol. The molecular weight excluding hydrogens is 338 g/mol. The number of halogens is 4. The molecule has 21 heavy (non-hydrogen) atoms. The third kappa shape index (κ3) is 3.20. The second kappa shape index (κ2) is 6.73. The van der Waals surface area contributed by atoms with Gasteiger partial charge in [-0.25, -0.2) is 4.39 Å². The minimum atomic E-state index is -0.795. The Morgan fingerprint density at radius 2 is 1.57 bits per heavy atom. The fourth-order valence-corrected chi connectivity index (χ4v) is 2.80. The van der Waals surface area contributed by atoms with Gasteiger partial charge in [-0.15, -0.1) is 11.6 Å². The fourth-order valence-electron chi connectivity index (χ4n) is 1.95. The van der Waals surface area contributed by atoms with E-state index in [9.17, 15) is 4.39 Å². The number of ether oxygens (including phenoxy) is 2. The Bertz CT molecular complexity index is 662. The number of benzene rings is 2. The van der Waals surface area contributed by atoms with Gasteiger partial charge in [-0.3, -0.25) is 0 Å². The second-order valence-electron chi connectivity index (χ2n) is 4.23. The molecule has 0 spiro atoms. The second-order valence-corrected chi connectivity index (χ2v) is 5.49. The molecule has 0 fully saturated rings. The zero-order valence-electron chi connectivity index (χ0n) is 11.3. The Hall–Kier alpha value is -1.16. The molecule has 0 heterocycles. The molecule has 0 saturated carbocycles. The van der Waals surface area contributed by atoms with Crippen molar-refractivity contribution in [1.82, 2.24) is 0 Å². The van der Waals surface area contributed by atoms with Gasteiger partial charge in [0.25, 0.3) is 0 Å². The lowest BCUT2D eigenvalue weighted by atomic mass is 10.0. The van der Waals surface area contributed by atoms with Crippen LogP contribution in [0.4, 0.5) is 4.39 Å². The van der Waals surface area contributed by atoms with Gasteiger partial charge >= 0.3 is 0 Å². The summed E-state index contributed by atoms with van der Waals surface area (Å²) in [5.74, 6) is 0.372. The first-order chi connectivity index (χ1) is 9.99. The summed E-state index contributed by atoms with van der Waals surface area (Å²) in [4.78, 5) is 0. The van der Waals surface area contributed by atoms with E-state index in [1.54, 1.807) is 24.3 Å². The molecule has 0 aromatic heterocycles. The largest absolute Gasteiger partial charge is 0.493 e. The summed E-state index contributed by atoms with van der Waals surface area (Å²) in [6, 6.07) is 7.85. The lowest BCUT2D eigenvalue weighted by Crippen LogP contribution is -2.00. The maximum absolute atomic E-state index is 14.1. The van der Waals surface area contributed by atoms with Gasteiger partial charge in [-0.2, -0.15) is 0 Å². The van der Waals surface area contributed by atoms with Gasteiger partial charge in [0.2, 0.25) is 0 Å². The highest BCUT2D eigenvalue weighted by Gasteiger charge is 2.21. The number of alkyl halides is 1. The first-order valence-electron chi connectivity index (χ1n) is 5.99. The van der Waals surface area contributed by atoms with Gasteiger partial charge in [-0.1, -0.05) is 35.3 Å². The highest BCUT2D eigenvalue weighted by Crippen LogP contribution is 2.41. The average Bonchev–Trinajstić information content (AvgIpc) is 2.49. The molecule has 0 amide bonds. The Morgan fingerprint density at radius 3 is 2.19 bits per heavy atom. The predicted octanol–water partition coefficient (Wildman–Crippen LogP) is 5.48. The van der Waals surface area contributed by atoms with Crippen LogP contribution in [0.2, 0.25) is 10.0 Å². The fraction of sp³-hybridized carbons (Fsp3) is 0.200. The summed E-state index contributed by atoms with van der Waals surface area (Å²) < 4.78 is 24.4. The van der Waals surface area contributed by atoms with Crippen LogP contribution >= 0.6 is 34.8 Å². The van der Waals surface area contributed by atoms with Gasteiger partial charge < -0.3 is 9.47 Å². The van der Waals surface area contributed by atoms with Gasteiger partial charge in [0.05, 0.1) is 24.6 Å². The van der Waals surface area contributed by atoms with Gasteiger partial charge in [0.1, 0.15) is 5.82 Å². The van der Waals surface area contributed by atoms with Gasteiger partial charge in [0.15, 0.2) is 11.5 Å². The molecule has 0 radical (unpaired) electrons. The van der Waals surface area contributed by atoms with Crippen LogP contribution in [0.1, 0.15) is 16.5 Å². The summed E-state index contributed by atoms with van der Waals surface area (Å²) >= 11 is 18.3. The molecule has 1 atom stereocenters. The average molecular weight is 350 g/mol. The number of methoxy groups -OCH3 is 2. The van der Waals surface area contributed by atoms with E-state index in [-0.39, 0.29) is 10.6 Å². The van der Waals surface area contributed by atoms with Crippen LogP contribution in [0.3, 0.4) is 0 Å². The predicted molar refractivity (Wildman–Crippen MR) is 83.7 cm³/mol. The first-order valence-corrected chi connectivity index (χ1v) is 7.18. The molecule has 1 unspecified atom stereocenters. The first kappa shape index (κ1) is 16.2. The minimum Gasteiger partial charge on any atom is -0.493 e. The van der Waals surface area contributed by atoms with Crippen molar-refractivity contribution in [3.05, 3.63) is 57.3 Å². The van der Waals surface area contributed by atoms with E-state index in [1.165, 1.54) is 20.3 Å². The highest BCUT2D eigenvalue weighted by molar-refractivity contribution is 6.33. The zero-order valence-corrected chi connectivity index (χ0v) is 13.6. The molecule has 0 aliphatic heterocycles. The van der Waals surface area contributed by atoms with E-state index in [0.717, 1.165) is 0 Å². The topological polar surface area (TPSA) is 18.5 Å². The summed E-state index contributed by atoms with van der Waals surface area (Å²) in [6.45, 7) is 0. The summed E-state index contributed by atoms with van der Waals surface area (Å²) in [7, 11) is 3.00. The molecule has 0 N–H and O–H groups in total. The Balaban J connectivity index is 2.53. The van der Waals surface area contributed by atoms with Crippen molar-refractivity contribution < 1.29 is 13.9 Å². The Morgan fingerprint density at radius 1 is 0.952 bits per heavy atom. The standard InChI is InChI=1S/C15H12Cl3FO2/c1-20-12-6-9(11(17)7-13(12)21-2)14(18)8-4-3-5-10(16)15(8)19/h3-7,14H,1-2H3. The molecule has 2 nitrogen and oxygen atoms in total. The third-order valence-corrected chi connectivity index (χ3v) is 4.12. The maximum atomic E-state index is 14.1. The van der Waals surface area contributed by atoms with E-state index in [0.29, 0.717) is 22.1 Å². The van der Waals surface area contributed by atoms with Crippen LogP contribution in [0, 0.1) is 5.82 Å². The minimum absolute atomic E-state index is 0.00903. The molecule has 2 aromatic rings. The molecule has 0 saturated heterocycles. The van der Waals surface area contributed by atoms with Crippen LogP contribution in [-0.4, -0.2) is 14.2 Å². The van der Waals surface area contributed by atoms with Crippen molar-refractivity contribution in [2.75, 3.05) is 14.2 Å². The van der Waals surface area contributed by atoms with E-state index < -0.39 is 11.2 Å². The quantitative estimate of drug-likeness (QED) is 0.681. The lowest BCUT2D eigenvalue weighted by Gasteiger charge is -2.16. The third-order valence-electron chi connectivity index (χ3n) is 3.03. The summed E-state index contributed by atoms with van der Waals surface area (Å²) in [5.41, 5.74) is 0.760. The molecule has 0 aliphatic rings. The van der Waals surface area contributed by atoms with E-state index in [4.69, 9.17) is 44.3 Å². The molecule has 2 aromatic carbocycles. The molecule has 0 bridgehead atoms. The lowest BCUT2D eigenvalue weighted by molar-refractivity contribution is 0.354. The van der Waals surface area contributed by atoms with E-state index in [1.807, 2.05) is 0 Å². The van der Waals surface area contributed by atoms with Crippen molar-refractivity contribution in [3.8, 4) is 11.5 Å². The van der Waals surface area contributed by atoms with E-state index in [2.05, 4.69) is 0 Å². The van der Waals surface area contributed by atoms with Crippen LogP contribution < -0.4 is 9.47 Å². The summed E-state index contributed by atoms with van der Waals surface area (Å²) in [5, 5.41) is -0.433. The van der Waals surface area contributed by atoms with Crippen LogP contribution in [0.15, 0.2) is 30.3 Å². The van der Waals surface area contributed by atoms with Crippen LogP contribution in [0.5, 0.6) is 11.5 Å². The summed E-state index contributed by atoms with van der Waals surface area (Å²) in [6.07, 6.45) is 0. The molecular formula is C15H12Cl3FO2. The van der Waals surface area contributed by atoms with E-state index >= 15 is 0 Å². The van der Waals surface area contributed by atoms with Crippen LogP contribution in [0.25, 0.3) is 0 Å². The smallest absolute Gasteiger partial charge is 0.162 e. The van der Waals surface area contributed by atoms with Crippen molar-refractivity contribution in [2.45, 2.75) is 5.38 Å². The SMILES string of the molecule is COc1cc(Cl)c(C(Cl)c2cccc(Cl)c2F)cc1OC. The van der Waals surface area contributed by atoms with Crippen molar-refractivity contribution in [2.24, 2.45) is 0 Å². The molecule has 6 heteroatoms. The number of hydrogen-bond donors (Lipinski definition) is 0. The maximum Gasteiger partial charge on any atom is 0.162 e. The van der Waals surface area contributed by atoms with Gasteiger partial charge in [-0.05, 0) is 17.7 Å². The van der Waals surface area contributed by atoms with Crippen molar-refractivity contribution >= 4 is 34.8 Å². The molecule has 2 rings (SSSR count). The zero-order chi connectivity index (χ0) is 15.6. The Labute approximate surface area is 137 Å². The van der Waals surface area contributed by atoms with Crippen LogP contribution in [-0.2, 0) is 0 Å².